The highest BCUT2D eigenvalue weighted by molar-refractivity contribution is 5.75. The molecule has 1 aromatic carbocycles. The highest BCUT2D eigenvalue weighted by Gasteiger charge is 2.25. The summed E-state index contributed by atoms with van der Waals surface area (Å²) in [6, 6.07) is 10.3. The number of hydrogen-bond acceptors (Lipinski definition) is 3. The van der Waals surface area contributed by atoms with Crippen molar-refractivity contribution >= 4 is 5.91 Å². The minimum Gasteiger partial charge on any atom is -0.370 e. The molecule has 0 saturated heterocycles. The zero-order chi connectivity index (χ0) is 19.2. The summed E-state index contributed by atoms with van der Waals surface area (Å²) in [4.78, 5) is 12.3. The molecule has 5 heteroatoms. The first-order valence-corrected chi connectivity index (χ1v) is 10.8. The molecule has 5 nitrogen and oxygen atoms in total. The van der Waals surface area contributed by atoms with Gasteiger partial charge < -0.3 is 10.1 Å². The summed E-state index contributed by atoms with van der Waals surface area (Å²) in [5, 5.41) is 7.84. The maximum absolute atomic E-state index is 12.3. The molecule has 1 aliphatic heterocycles. The highest BCUT2D eigenvalue weighted by atomic mass is 16.5. The monoisotopic (exact) mass is 381 g/mol. The topological polar surface area (TPSA) is 56.1 Å². The summed E-state index contributed by atoms with van der Waals surface area (Å²) in [6.07, 6.45) is 11.1. The number of benzene rings is 1. The number of carbonyl (C=O) groups excluding carboxylic acids is 1. The van der Waals surface area contributed by atoms with Crippen molar-refractivity contribution in [3.63, 3.8) is 0 Å². The number of fused-ring (bicyclic) bond motifs is 1. The number of ether oxygens (including phenoxy) is 1. The van der Waals surface area contributed by atoms with Crippen LogP contribution in [0.4, 0.5) is 0 Å². The lowest BCUT2D eigenvalue weighted by atomic mass is 9.86. The van der Waals surface area contributed by atoms with Crippen LogP contribution in [0.25, 0.3) is 0 Å². The predicted molar refractivity (Wildman–Crippen MR) is 109 cm³/mol. The van der Waals surface area contributed by atoms with Gasteiger partial charge in [-0.15, -0.1) is 0 Å². The fourth-order valence-electron chi connectivity index (χ4n) is 4.44. The Balaban J connectivity index is 1.29. The van der Waals surface area contributed by atoms with E-state index in [0.29, 0.717) is 19.6 Å². The first kappa shape index (κ1) is 19.2. The number of hydrogen-bond donors (Lipinski definition) is 1. The molecule has 0 radical (unpaired) electrons. The van der Waals surface area contributed by atoms with Crippen molar-refractivity contribution in [3.05, 3.63) is 53.3 Å². The van der Waals surface area contributed by atoms with E-state index in [1.54, 1.807) is 0 Å². The Morgan fingerprint density at radius 1 is 1.18 bits per heavy atom. The normalized spacial score (nSPS) is 19.9. The third-order valence-electron chi connectivity index (χ3n) is 6.04. The molecule has 28 heavy (non-hydrogen) atoms. The minimum absolute atomic E-state index is 0.139. The maximum Gasteiger partial charge on any atom is 0.220 e. The summed E-state index contributed by atoms with van der Waals surface area (Å²) in [5.41, 5.74) is 3.45. The van der Waals surface area contributed by atoms with Crippen LogP contribution in [0.2, 0.25) is 0 Å². The third kappa shape index (κ3) is 5.02. The van der Waals surface area contributed by atoms with Crippen LogP contribution in [0.5, 0.6) is 0 Å². The predicted octanol–water partition coefficient (Wildman–Crippen LogP) is 4.02. The highest BCUT2D eigenvalue weighted by Crippen LogP contribution is 2.28. The summed E-state index contributed by atoms with van der Waals surface area (Å²) < 4.78 is 7.91. The molecule has 4 rings (SSSR count). The zero-order valence-corrected chi connectivity index (χ0v) is 16.6. The summed E-state index contributed by atoms with van der Waals surface area (Å²) in [6.45, 7) is 1.96. The van der Waals surface area contributed by atoms with Gasteiger partial charge in [0.1, 0.15) is 6.10 Å². The lowest BCUT2D eigenvalue weighted by Crippen LogP contribution is -2.32. The lowest BCUT2D eigenvalue weighted by molar-refractivity contribution is -0.122. The molecule has 0 spiro atoms. The standard InChI is InChI=1S/C23H31N3O2/c27-22(12-11-18-7-3-1-4-8-18)24-15-21-23-20(13-14-28-21)17-26(25-23)16-19-9-5-2-6-10-19/h2,5-6,9-10,17-18,21H,1,3-4,7-8,11-16H2,(H,24,27)/t21-/m1/s1. The van der Waals surface area contributed by atoms with Gasteiger partial charge in [0.2, 0.25) is 5.91 Å². The smallest absolute Gasteiger partial charge is 0.220 e. The quantitative estimate of drug-likeness (QED) is 0.788. The molecule has 2 aliphatic rings. The van der Waals surface area contributed by atoms with E-state index in [1.165, 1.54) is 43.2 Å². The average Bonchev–Trinajstić information content (AvgIpc) is 3.15. The summed E-state index contributed by atoms with van der Waals surface area (Å²) in [7, 11) is 0. The maximum atomic E-state index is 12.3. The molecular formula is C23H31N3O2. The number of amides is 1. The number of aromatic nitrogens is 2. The van der Waals surface area contributed by atoms with Gasteiger partial charge in [-0.25, -0.2) is 0 Å². The number of rotatable bonds is 7. The van der Waals surface area contributed by atoms with Crippen molar-refractivity contribution in [1.82, 2.24) is 15.1 Å². The first-order chi connectivity index (χ1) is 13.8. The second-order valence-electron chi connectivity index (χ2n) is 8.18. The first-order valence-electron chi connectivity index (χ1n) is 10.8. The lowest BCUT2D eigenvalue weighted by Gasteiger charge is -2.23. The fourth-order valence-corrected chi connectivity index (χ4v) is 4.44. The minimum atomic E-state index is -0.139. The van der Waals surface area contributed by atoms with E-state index in [4.69, 9.17) is 9.84 Å². The third-order valence-corrected chi connectivity index (χ3v) is 6.04. The van der Waals surface area contributed by atoms with Crippen LogP contribution in [-0.4, -0.2) is 28.8 Å². The molecule has 1 aliphatic carbocycles. The van der Waals surface area contributed by atoms with Crippen LogP contribution in [-0.2, 0) is 22.5 Å². The van der Waals surface area contributed by atoms with Gasteiger partial charge in [-0.3, -0.25) is 9.48 Å². The van der Waals surface area contributed by atoms with Crippen molar-refractivity contribution in [2.45, 2.75) is 64.0 Å². The van der Waals surface area contributed by atoms with Gasteiger partial charge in [0.25, 0.3) is 0 Å². The molecule has 2 heterocycles. The molecule has 0 unspecified atom stereocenters. The van der Waals surface area contributed by atoms with Gasteiger partial charge in [-0.2, -0.15) is 5.10 Å². The fraction of sp³-hybridized carbons (Fsp3) is 0.565. The van der Waals surface area contributed by atoms with E-state index < -0.39 is 0 Å². The molecule has 1 fully saturated rings. The molecule has 150 valence electrons. The number of nitrogens with zero attached hydrogens (tertiary/aromatic N) is 2. The summed E-state index contributed by atoms with van der Waals surface area (Å²) in [5.74, 6) is 0.885. The Morgan fingerprint density at radius 3 is 2.82 bits per heavy atom. The van der Waals surface area contributed by atoms with E-state index in [-0.39, 0.29) is 12.0 Å². The Kier molecular flexibility index (Phi) is 6.42. The average molecular weight is 382 g/mol. The van der Waals surface area contributed by atoms with Crippen LogP contribution in [0.15, 0.2) is 36.5 Å². The second-order valence-corrected chi connectivity index (χ2v) is 8.18. The van der Waals surface area contributed by atoms with Gasteiger partial charge in [-0.1, -0.05) is 62.4 Å². The largest absolute Gasteiger partial charge is 0.370 e. The Hall–Kier alpha value is -2.14. The van der Waals surface area contributed by atoms with E-state index in [2.05, 4.69) is 23.6 Å². The Labute approximate surface area is 167 Å². The van der Waals surface area contributed by atoms with Crippen LogP contribution in [0.3, 0.4) is 0 Å². The molecule has 1 N–H and O–H groups in total. The Bertz CT molecular complexity index is 765. The molecule has 1 amide bonds. The Morgan fingerprint density at radius 2 is 2.00 bits per heavy atom. The molecule has 1 aromatic heterocycles. The van der Waals surface area contributed by atoms with Crippen LogP contribution < -0.4 is 5.32 Å². The van der Waals surface area contributed by atoms with Crippen molar-refractivity contribution in [2.75, 3.05) is 13.2 Å². The number of nitrogens with one attached hydrogen (secondary N) is 1. The molecule has 0 bridgehead atoms. The van der Waals surface area contributed by atoms with E-state index in [1.807, 2.05) is 22.9 Å². The van der Waals surface area contributed by atoms with Crippen molar-refractivity contribution in [3.8, 4) is 0 Å². The van der Waals surface area contributed by atoms with Gasteiger partial charge in [0, 0.05) is 19.2 Å². The van der Waals surface area contributed by atoms with E-state index in [0.717, 1.165) is 31.0 Å². The zero-order valence-electron chi connectivity index (χ0n) is 16.6. The van der Waals surface area contributed by atoms with Crippen molar-refractivity contribution < 1.29 is 9.53 Å². The molecule has 1 saturated carbocycles. The molecule has 1 atom stereocenters. The van der Waals surface area contributed by atoms with Gasteiger partial charge in [0.15, 0.2) is 0 Å². The van der Waals surface area contributed by atoms with Gasteiger partial charge in [-0.05, 0) is 29.9 Å². The van der Waals surface area contributed by atoms with E-state index >= 15 is 0 Å². The molecular weight excluding hydrogens is 350 g/mol. The molecule has 2 aromatic rings. The van der Waals surface area contributed by atoms with Crippen LogP contribution >= 0.6 is 0 Å². The SMILES string of the molecule is O=C(CCC1CCCCC1)NC[C@H]1OCCc2cn(Cc3ccccc3)nc21. The van der Waals surface area contributed by atoms with Crippen LogP contribution in [0.1, 0.15) is 67.9 Å². The van der Waals surface area contributed by atoms with Gasteiger partial charge >= 0.3 is 0 Å². The number of carbonyl (C=O) groups is 1. The van der Waals surface area contributed by atoms with Gasteiger partial charge in [0.05, 0.1) is 18.8 Å². The summed E-state index contributed by atoms with van der Waals surface area (Å²) >= 11 is 0. The van der Waals surface area contributed by atoms with Crippen LogP contribution in [0, 0.1) is 5.92 Å². The van der Waals surface area contributed by atoms with Crippen molar-refractivity contribution in [1.29, 1.82) is 0 Å². The second kappa shape index (κ2) is 9.37. The van der Waals surface area contributed by atoms with E-state index in [9.17, 15) is 4.79 Å². The van der Waals surface area contributed by atoms with Crippen molar-refractivity contribution in [2.24, 2.45) is 5.92 Å².